The van der Waals surface area contributed by atoms with Crippen LogP contribution in [0, 0.1) is 17.5 Å². The van der Waals surface area contributed by atoms with E-state index in [9.17, 15) is 13.2 Å². The van der Waals surface area contributed by atoms with Crippen molar-refractivity contribution < 1.29 is 13.2 Å². The van der Waals surface area contributed by atoms with Crippen LogP contribution in [0.2, 0.25) is 5.02 Å². The fourth-order valence-corrected chi connectivity index (χ4v) is 2.24. The van der Waals surface area contributed by atoms with E-state index >= 15 is 0 Å². The molecular formula is C14H9Cl2F3. The van der Waals surface area contributed by atoms with Gasteiger partial charge in [0.05, 0.1) is 5.38 Å². The van der Waals surface area contributed by atoms with E-state index in [1.807, 2.05) is 0 Å². The highest BCUT2D eigenvalue weighted by molar-refractivity contribution is 6.31. The van der Waals surface area contributed by atoms with Crippen LogP contribution in [0.15, 0.2) is 36.4 Å². The second kappa shape index (κ2) is 5.85. The fraction of sp³-hybridized carbons (Fsp3) is 0.143. The van der Waals surface area contributed by atoms with Crippen LogP contribution in [0.3, 0.4) is 0 Å². The molecular weight excluding hydrogens is 296 g/mol. The van der Waals surface area contributed by atoms with Gasteiger partial charge in [-0.1, -0.05) is 29.8 Å². The van der Waals surface area contributed by atoms with Crippen molar-refractivity contribution in [2.45, 2.75) is 11.8 Å². The molecule has 2 aromatic rings. The predicted molar refractivity (Wildman–Crippen MR) is 70.1 cm³/mol. The summed E-state index contributed by atoms with van der Waals surface area (Å²) in [5.41, 5.74) is 0.937. The smallest absolute Gasteiger partial charge is 0.194 e. The first-order valence-corrected chi connectivity index (χ1v) is 6.32. The van der Waals surface area contributed by atoms with E-state index < -0.39 is 22.8 Å². The molecule has 19 heavy (non-hydrogen) atoms. The van der Waals surface area contributed by atoms with Crippen molar-refractivity contribution in [3.05, 3.63) is 70.0 Å². The summed E-state index contributed by atoms with van der Waals surface area (Å²) in [5.74, 6) is -4.00. The second-order valence-corrected chi connectivity index (χ2v) is 5.00. The molecule has 1 unspecified atom stereocenters. The van der Waals surface area contributed by atoms with Crippen LogP contribution in [0.1, 0.15) is 16.5 Å². The van der Waals surface area contributed by atoms with Gasteiger partial charge in [0.15, 0.2) is 17.5 Å². The van der Waals surface area contributed by atoms with Gasteiger partial charge in [0, 0.05) is 5.02 Å². The SMILES string of the molecule is Fc1cc(C(Cl)Cc2ccccc2Cl)cc(F)c1F. The molecule has 5 heteroatoms. The maximum Gasteiger partial charge on any atom is 0.194 e. The molecule has 0 fully saturated rings. The lowest BCUT2D eigenvalue weighted by atomic mass is 10.0. The van der Waals surface area contributed by atoms with Gasteiger partial charge < -0.3 is 0 Å². The molecule has 0 nitrogen and oxygen atoms in total. The van der Waals surface area contributed by atoms with Crippen molar-refractivity contribution in [1.82, 2.24) is 0 Å². The maximum absolute atomic E-state index is 13.1. The van der Waals surface area contributed by atoms with Crippen LogP contribution < -0.4 is 0 Å². The van der Waals surface area contributed by atoms with Gasteiger partial charge in [0.25, 0.3) is 0 Å². The van der Waals surface area contributed by atoms with Crippen molar-refractivity contribution in [2.24, 2.45) is 0 Å². The van der Waals surface area contributed by atoms with Crippen LogP contribution in [0.4, 0.5) is 13.2 Å². The van der Waals surface area contributed by atoms with Gasteiger partial charge in [-0.05, 0) is 35.7 Å². The lowest BCUT2D eigenvalue weighted by molar-refractivity contribution is 0.445. The van der Waals surface area contributed by atoms with Crippen molar-refractivity contribution in [3.63, 3.8) is 0 Å². The molecule has 0 amide bonds. The van der Waals surface area contributed by atoms with E-state index in [4.69, 9.17) is 23.2 Å². The van der Waals surface area contributed by atoms with E-state index in [1.165, 1.54) is 0 Å². The summed E-state index contributed by atoms with van der Waals surface area (Å²) >= 11 is 12.1. The lowest BCUT2D eigenvalue weighted by Crippen LogP contribution is -2.00. The Morgan fingerprint density at radius 3 is 2.16 bits per heavy atom. The number of rotatable bonds is 3. The normalized spacial score (nSPS) is 12.5. The van der Waals surface area contributed by atoms with Crippen LogP contribution in [0.5, 0.6) is 0 Å². The summed E-state index contributed by atoms with van der Waals surface area (Å²) in [6, 6.07) is 8.82. The molecule has 2 rings (SSSR count). The molecule has 0 aliphatic rings. The highest BCUT2D eigenvalue weighted by Gasteiger charge is 2.16. The molecule has 0 heterocycles. The van der Waals surface area contributed by atoms with Gasteiger partial charge >= 0.3 is 0 Å². The van der Waals surface area contributed by atoms with E-state index in [-0.39, 0.29) is 5.56 Å². The summed E-state index contributed by atoms with van der Waals surface area (Å²) in [4.78, 5) is 0. The third-order valence-corrected chi connectivity index (χ3v) is 3.50. The molecule has 0 aliphatic heterocycles. The largest absolute Gasteiger partial charge is 0.204 e. The first-order valence-electron chi connectivity index (χ1n) is 5.51. The third-order valence-electron chi connectivity index (χ3n) is 2.72. The van der Waals surface area contributed by atoms with Gasteiger partial charge in [-0.2, -0.15) is 0 Å². The standard InChI is InChI=1S/C14H9Cl2F3/c15-10-4-2-1-3-8(10)5-11(16)9-6-12(17)14(19)13(18)7-9/h1-4,6-7,11H,5H2. The molecule has 0 radical (unpaired) electrons. The number of benzene rings is 2. The van der Waals surface area contributed by atoms with Gasteiger partial charge in [0.1, 0.15) is 0 Å². The van der Waals surface area contributed by atoms with Crippen molar-refractivity contribution >= 4 is 23.2 Å². The minimum absolute atomic E-state index is 0.179. The summed E-state index contributed by atoms with van der Waals surface area (Å²) in [6.07, 6.45) is 0.297. The van der Waals surface area contributed by atoms with E-state index in [1.54, 1.807) is 24.3 Å². The minimum atomic E-state index is -1.50. The number of hydrogen-bond donors (Lipinski definition) is 0. The zero-order valence-corrected chi connectivity index (χ0v) is 11.2. The van der Waals surface area contributed by atoms with Crippen LogP contribution in [-0.4, -0.2) is 0 Å². The zero-order valence-electron chi connectivity index (χ0n) is 9.64. The molecule has 0 aromatic heterocycles. The van der Waals surface area contributed by atoms with Gasteiger partial charge in [-0.25, -0.2) is 13.2 Å². The first-order chi connectivity index (χ1) is 8.99. The van der Waals surface area contributed by atoms with Gasteiger partial charge in [-0.3, -0.25) is 0 Å². The Bertz CT molecular complexity index is 576. The molecule has 1 atom stereocenters. The predicted octanol–water partition coefficient (Wildman–Crippen LogP) is 5.28. The van der Waals surface area contributed by atoms with Crippen LogP contribution in [0.25, 0.3) is 0 Å². The molecule has 100 valence electrons. The van der Waals surface area contributed by atoms with Crippen LogP contribution in [-0.2, 0) is 6.42 Å². The zero-order chi connectivity index (χ0) is 14.0. The van der Waals surface area contributed by atoms with E-state index in [2.05, 4.69) is 0 Å². The maximum atomic E-state index is 13.1. The van der Waals surface area contributed by atoms with Crippen molar-refractivity contribution in [3.8, 4) is 0 Å². The monoisotopic (exact) mass is 304 g/mol. The molecule has 0 bridgehead atoms. The van der Waals surface area contributed by atoms with Crippen molar-refractivity contribution in [1.29, 1.82) is 0 Å². The van der Waals surface area contributed by atoms with Crippen molar-refractivity contribution in [2.75, 3.05) is 0 Å². The molecule has 0 saturated heterocycles. The highest BCUT2D eigenvalue weighted by Crippen LogP contribution is 2.29. The van der Waals surface area contributed by atoms with Crippen LogP contribution >= 0.6 is 23.2 Å². The Hall–Kier alpha value is -1.19. The molecule has 0 spiro atoms. The first kappa shape index (κ1) is 14.2. The minimum Gasteiger partial charge on any atom is -0.204 e. The number of halogens is 5. The molecule has 2 aromatic carbocycles. The van der Waals surface area contributed by atoms with Gasteiger partial charge in [-0.15, -0.1) is 11.6 Å². The highest BCUT2D eigenvalue weighted by atomic mass is 35.5. The molecule has 0 aliphatic carbocycles. The number of alkyl halides is 1. The fourth-order valence-electron chi connectivity index (χ4n) is 1.73. The Kier molecular flexibility index (Phi) is 4.38. The third kappa shape index (κ3) is 3.23. The Labute approximate surface area is 118 Å². The molecule has 0 N–H and O–H groups in total. The quantitative estimate of drug-likeness (QED) is 0.534. The second-order valence-electron chi connectivity index (χ2n) is 4.06. The Morgan fingerprint density at radius 2 is 1.58 bits per heavy atom. The lowest BCUT2D eigenvalue weighted by Gasteiger charge is -2.12. The van der Waals surface area contributed by atoms with Gasteiger partial charge in [0.2, 0.25) is 0 Å². The van der Waals surface area contributed by atoms with E-state index in [0.717, 1.165) is 17.7 Å². The number of hydrogen-bond acceptors (Lipinski definition) is 0. The average Bonchev–Trinajstić information content (AvgIpc) is 2.38. The topological polar surface area (TPSA) is 0 Å². The average molecular weight is 305 g/mol. The summed E-state index contributed by atoms with van der Waals surface area (Å²) < 4.78 is 39.1. The summed E-state index contributed by atoms with van der Waals surface area (Å²) in [5, 5.41) is -0.166. The Balaban J connectivity index is 2.26. The Morgan fingerprint density at radius 1 is 1.00 bits per heavy atom. The molecule has 0 saturated carbocycles. The summed E-state index contributed by atoms with van der Waals surface area (Å²) in [7, 11) is 0. The van der Waals surface area contributed by atoms with E-state index in [0.29, 0.717) is 11.4 Å². The summed E-state index contributed by atoms with van der Waals surface area (Å²) in [6.45, 7) is 0.